The van der Waals surface area contributed by atoms with E-state index in [4.69, 9.17) is 4.99 Å². The molecule has 0 amide bonds. The molecule has 3 aromatic rings. The summed E-state index contributed by atoms with van der Waals surface area (Å²) in [6, 6.07) is 25.6. The fourth-order valence-electron chi connectivity index (χ4n) is 3.06. The summed E-state index contributed by atoms with van der Waals surface area (Å²) in [6.07, 6.45) is 2.13. The van der Waals surface area contributed by atoms with E-state index in [0.717, 1.165) is 24.2 Å². The molecule has 1 aliphatic rings. The van der Waals surface area contributed by atoms with Crippen LogP contribution in [0.4, 0.5) is 0 Å². The maximum absolute atomic E-state index is 4.92. The lowest BCUT2D eigenvalue weighted by Gasteiger charge is -2.05. The van der Waals surface area contributed by atoms with Gasteiger partial charge in [0.05, 0.1) is 17.4 Å². The van der Waals surface area contributed by atoms with Gasteiger partial charge in [0.15, 0.2) is 0 Å². The summed E-state index contributed by atoms with van der Waals surface area (Å²) < 4.78 is 0. The number of H-pyrrole nitrogens is 1. The van der Waals surface area contributed by atoms with Crippen molar-refractivity contribution in [2.75, 3.05) is 0 Å². The van der Waals surface area contributed by atoms with Gasteiger partial charge in [-0.3, -0.25) is 4.99 Å². The Hall–Kier alpha value is -2.61. The maximum atomic E-state index is 4.92. The lowest BCUT2D eigenvalue weighted by molar-refractivity contribution is 0.723. The molecule has 2 nitrogen and oxygen atoms in total. The van der Waals surface area contributed by atoms with Gasteiger partial charge >= 0.3 is 0 Å². The quantitative estimate of drug-likeness (QED) is 0.701. The second-order valence-electron chi connectivity index (χ2n) is 5.69. The molecule has 1 aliphatic heterocycles. The zero-order chi connectivity index (χ0) is 14.8. The van der Waals surface area contributed by atoms with Crippen LogP contribution in [-0.2, 0) is 0 Å². The van der Waals surface area contributed by atoms with Gasteiger partial charge in [0.1, 0.15) is 0 Å². The lowest BCUT2D eigenvalue weighted by Crippen LogP contribution is -1.95. The third kappa shape index (κ3) is 2.48. The van der Waals surface area contributed by atoms with Crippen LogP contribution in [0.25, 0.3) is 11.3 Å². The zero-order valence-electron chi connectivity index (χ0n) is 12.4. The average Bonchev–Trinajstić information content (AvgIpc) is 3.26. The molecular formula is C20H18N2. The Balaban J connectivity index is 1.60. The first-order valence-corrected chi connectivity index (χ1v) is 7.76. The molecule has 0 bridgehead atoms. The summed E-state index contributed by atoms with van der Waals surface area (Å²) in [4.78, 5) is 8.43. The molecule has 0 fully saturated rings. The molecule has 2 heteroatoms. The van der Waals surface area contributed by atoms with Crippen LogP contribution in [0.2, 0.25) is 0 Å². The Kier molecular flexibility index (Phi) is 3.36. The van der Waals surface area contributed by atoms with Crippen LogP contribution in [0.3, 0.4) is 0 Å². The van der Waals surface area contributed by atoms with E-state index in [2.05, 4.69) is 71.7 Å². The number of hydrogen-bond acceptors (Lipinski definition) is 1. The van der Waals surface area contributed by atoms with E-state index in [0.29, 0.717) is 6.04 Å². The van der Waals surface area contributed by atoms with Crippen molar-refractivity contribution in [3.05, 3.63) is 84.1 Å². The Morgan fingerprint density at radius 1 is 0.773 bits per heavy atom. The van der Waals surface area contributed by atoms with E-state index in [9.17, 15) is 0 Å². The fraction of sp³-hybridized carbons (Fsp3) is 0.150. The Morgan fingerprint density at radius 2 is 1.45 bits per heavy atom. The lowest BCUT2D eigenvalue weighted by atomic mass is 10.0. The Bertz CT molecular complexity index is 785. The van der Waals surface area contributed by atoms with Gasteiger partial charge in [0.25, 0.3) is 0 Å². The van der Waals surface area contributed by atoms with Gasteiger partial charge in [-0.2, -0.15) is 0 Å². The first-order valence-electron chi connectivity index (χ1n) is 7.76. The zero-order valence-corrected chi connectivity index (χ0v) is 12.4. The van der Waals surface area contributed by atoms with Gasteiger partial charge in [-0.15, -0.1) is 0 Å². The first-order chi connectivity index (χ1) is 10.9. The summed E-state index contributed by atoms with van der Waals surface area (Å²) in [7, 11) is 0. The minimum atomic E-state index is 0.305. The smallest absolute Gasteiger partial charge is 0.0756 e. The molecule has 0 radical (unpaired) electrons. The van der Waals surface area contributed by atoms with E-state index < -0.39 is 0 Å². The first kappa shape index (κ1) is 13.1. The molecule has 2 heterocycles. The molecule has 4 rings (SSSR count). The number of nitrogens with one attached hydrogen (secondary N) is 1. The van der Waals surface area contributed by atoms with E-state index >= 15 is 0 Å². The molecule has 1 aromatic heterocycles. The van der Waals surface area contributed by atoms with Crippen molar-refractivity contribution in [3.8, 4) is 11.3 Å². The average molecular weight is 286 g/mol. The molecule has 1 atom stereocenters. The molecule has 22 heavy (non-hydrogen) atoms. The van der Waals surface area contributed by atoms with Crippen molar-refractivity contribution in [1.29, 1.82) is 0 Å². The largest absolute Gasteiger partial charge is 0.354 e. The molecule has 0 spiro atoms. The number of nitrogens with zero attached hydrogens (tertiary/aromatic N) is 1. The van der Waals surface area contributed by atoms with Crippen LogP contribution in [0, 0.1) is 0 Å². The van der Waals surface area contributed by atoms with E-state index in [1.165, 1.54) is 16.8 Å². The summed E-state index contributed by atoms with van der Waals surface area (Å²) in [5, 5.41) is 0. The standard InChI is InChI=1S/C20H18N2/c1-3-7-15(8-4-1)17-11-13-19(21-17)20-14-12-18(22-20)16-9-5-2-6-10-16/h1-11,13,18,21H,12,14H2/t18-/m1/s1. The second kappa shape index (κ2) is 5.64. The summed E-state index contributed by atoms with van der Waals surface area (Å²) in [6.45, 7) is 0. The van der Waals surface area contributed by atoms with Gasteiger partial charge in [-0.05, 0) is 36.1 Å². The molecule has 1 N–H and O–H groups in total. The highest BCUT2D eigenvalue weighted by Gasteiger charge is 2.20. The third-order valence-corrected chi connectivity index (χ3v) is 4.23. The topological polar surface area (TPSA) is 28.1 Å². The number of aromatic nitrogens is 1. The highest BCUT2D eigenvalue weighted by molar-refractivity contribution is 6.01. The van der Waals surface area contributed by atoms with Gasteiger partial charge in [0.2, 0.25) is 0 Å². The number of aromatic amines is 1. The number of rotatable bonds is 3. The van der Waals surface area contributed by atoms with Gasteiger partial charge < -0.3 is 4.98 Å². The molecule has 2 aromatic carbocycles. The van der Waals surface area contributed by atoms with E-state index in [1.807, 2.05) is 6.07 Å². The van der Waals surface area contributed by atoms with Crippen LogP contribution >= 0.6 is 0 Å². The molecule has 0 aliphatic carbocycles. The van der Waals surface area contributed by atoms with E-state index in [-0.39, 0.29) is 0 Å². The molecule has 108 valence electrons. The molecular weight excluding hydrogens is 268 g/mol. The van der Waals surface area contributed by atoms with Crippen LogP contribution in [0.1, 0.15) is 30.1 Å². The van der Waals surface area contributed by atoms with Crippen molar-refractivity contribution in [3.63, 3.8) is 0 Å². The highest BCUT2D eigenvalue weighted by Crippen LogP contribution is 2.31. The monoisotopic (exact) mass is 286 g/mol. The van der Waals surface area contributed by atoms with Crippen molar-refractivity contribution in [2.45, 2.75) is 18.9 Å². The summed E-state index contributed by atoms with van der Waals surface area (Å²) >= 11 is 0. The SMILES string of the molecule is c1ccc(-c2ccc(C3=N[C@@H](c4ccccc4)CC3)[nH]2)cc1. The molecule has 0 saturated carbocycles. The fourth-order valence-corrected chi connectivity index (χ4v) is 3.06. The van der Waals surface area contributed by atoms with Crippen LogP contribution in [0.5, 0.6) is 0 Å². The predicted octanol–water partition coefficient (Wildman–Crippen LogP) is 5.01. The van der Waals surface area contributed by atoms with Gasteiger partial charge in [-0.25, -0.2) is 0 Å². The van der Waals surface area contributed by atoms with Crippen molar-refractivity contribution >= 4 is 5.71 Å². The van der Waals surface area contributed by atoms with Crippen molar-refractivity contribution in [1.82, 2.24) is 4.98 Å². The van der Waals surface area contributed by atoms with Gasteiger partial charge in [-0.1, -0.05) is 60.7 Å². The summed E-state index contributed by atoms with van der Waals surface area (Å²) in [5.74, 6) is 0. The number of aliphatic imine (C=N–C) groups is 1. The normalized spacial score (nSPS) is 17.5. The maximum Gasteiger partial charge on any atom is 0.0756 e. The Morgan fingerprint density at radius 3 is 2.23 bits per heavy atom. The molecule has 0 saturated heterocycles. The third-order valence-electron chi connectivity index (χ3n) is 4.23. The number of benzene rings is 2. The van der Waals surface area contributed by atoms with Crippen LogP contribution in [0.15, 0.2) is 77.8 Å². The molecule has 0 unspecified atom stereocenters. The van der Waals surface area contributed by atoms with Crippen molar-refractivity contribution in [2.24, 2.45) is 4.99 Å². The van der Waals surface area contributed by atoms with Crippen LogP contribution < -0.4 is 0 Å². The van der Waals surface area contributed by atoms with Crippen LogP contribution in [-0.4, -0.2) is 10.7 Å². The van der Waals surface area contributed by atoms with Crippen molar-refractivity contribution < 1.29 is 0 Å². The second-order valence-corrected chi connectivity index (χ2v) is 5.69. The summed E-state index contributed by atoms with van der Waals surface area (Å²) in [5.41, 5.74) is 6.02. The van der Waals surface area contributed by atoms with Gasteiger partial charge in [0, 0.05) is 5.69 Å². The number of hydrogen-bond donors (Lipinski definition) is 1. The predicted molar refractivity (Wildman–Crippen MR) is 91.2 cm³/mol. The highest BCUT2D eigenvalue weighted by atomic mass is 14.9. The Labute approximate surface area is 130 Å². The van der Waals surface area contributed by atoms with E-state index in [1.54, 1.807) is 0 Å². The minimum Gasteiger partial charge on any atom is -0.354 e. The minimum absolute atomic E-state index is 0.305.